The number of hydrogen-bond acceptors (Lipinski definition) is 3. The molecule has 0 atom stereocenters. The molecule has 1 heterocycles. The van der Waals surface area contributed by atoms with Gasteiger partial charge in [-0.2, -0.15) is 0 Å². The van der Waals surface area contributed by atoms with Gasteiger partial charge in [0, 0.05) is 41.8 Å². The molecule has 1 fully saturated rings. The van der Waals surface area contributed by atoms with Crippen LogP contribution in [0.2, 0.25) is 0 Å². The number of carbonyl (C=O) groups excluding carboxylic acids is 2. The van der Waals surface area contributed by atoms with Crippen molar-refractivity contribution in [3.05, 3.63) is 28.2 Å². The fourth-order valence-electron chi connectivity index (χ4n) is 2.44. The van der Waals surface area contributed by atoms with E-state index in [1.165, 1.54) is 0 Å². The molecule has 1 saturated heterocycles. The lowest BCUT2D eigenvalue weighted by molar-refractivity contribution is -0.119. The van der Waals surface area contributed by atoms with E-state index in [0.717, 1.165) is 42.4 Å². The molecular formula is C14H17BrN2O2. The standard InChI is InChI=1S/C14H17BrN2O2/c1-10(19)16-13-4-6-17(7-5-13)14-8-12(15)3-2-11(14)9-18/h2-3,8-9,13H,4-7H2,1H3,(H,16,19). The molecule has 0 saturated carbocycles. The molecule has 1 aromatic rings. The van der Waals surface area contributed by atoms with E-state index in [1.807, 2.05) is 18.2 Å². The maximum absolute atomic E-state index is 11.1. The number of amides is 1. The average molecular weight is 325 g/mol. The number of nitrogens with zero attached hydrogens (tertiary/aromatic N) is 1. The van der Waals surface area contributed by atoms with Crippen molar-refractivity contribution in [3.8, 4) is 0 Å². The fraction of sp³-hybridized carbons (Fsp3) is 0.429. The maximum atomic E-state index is 11.1. The molecule has 2 rings (SSSR count). The van der Waals surface area contributed by atoms with Gasteiger partial charge in [-0.1, -0.05) is 15.9 Å². The summed E-state index contributed by atoms with van der Waals surface area (Å²) >= 11 is 3.44. The second kappa shape index (κ2) is 6.19. The highest BCUT2D eigenvalue weighted by molar-refractivity contribution is 9.10. The van der Waals surface area contributed by atoms with Gasteiger partial charge in [-0.25, -0.2) is 0 Å². The zero-order valence-electron chi connectivity index (χ0n) is 10.9. The molecule has 0 aliphatic carbocycles. The first kappa shape index (κ1) is 14.1. The Hall–Kier alpha value is -1.36. The summed E-state index contributed by atoms with van der Waals surface area (Å²) in [5.74, 6) is 0.0227. The Bertz CT molecular complexity index is 482. The normalized spacial score (nSPS) is 16.2. The second-order valence-electron chi connectivity index (χ2n) is 4.78. The SMILES string of the molecule is CC(=O)NC1CCN(c2cc(Br)ccc2C=O)CC1. The summed E-state index contributed by atoms with van der Waals surface area (Å²) in [6.45, 7) is 3.25. The molecular weight excluding hydrogens is 308 g/mol. The molecule has 4 nitrogen and oxygen atoms in total. The van der Waals surface area contributed by atoms with E-state index in [2.05, 4.69) is 26.1 Å². The molecule has 0 aromatic heterocycles. The third-order valence-electron chi connectivity index (χ3n) is 3.36. The molecule has 102 valence electrons. The van der Waals surface area contributed by atoms with E-state index in [4.69, 9.17) is 0 Å². The summed E-state index contributed by atoms with van der Waals surface area (Å²) in [5.41, 5.74) is 1.67. The molecule has 1 N–H and O–H groups in total. The monoisotopic (exact) mass is 324 g/mol. The lowest BCUT2D eigenvalue weighted by Crippen LogP contribution is -2.44. The van der Waals surface area contributed by atoms with Crippen LogP contribution in [-0.4, -0.2) is 31.3 Å². The summed E-state index contributed by atoms with van der Waals surface area (Å²) < 4.78 is 0.970. The van der Waals surface area contributed by atoms with Crippen LogP contribution in [0.3, 0.4) is 0 Å². The Morgan fingerprint density at radius 2 is 2.11 bits per heavy atom. The van der Waals surface area contributed by atoms with Crippen molar-refractivity contribution in [2.75, 3.05) is 18.0 Å². The Morgan fingerprint density at radius 3 is 2.68 bits per heavy atom. The van der Waals surface area contributed by atoms with Gasteiger partial charge in [-0.05, 0) is 31.0 Å². The molecule has 0 unspecified atom stereocenters. The predicted molar refractivity (Wildman–Crippen MR) is 78.6 cm³/mol. The number of carbonyl (C=O) groups is 2. The minimum Gasteiger partial charge on any atom is -0.371 e. The summed E-state index contributed by atoms with van der Waals surface area (Å²) in [6.07, 6.45) is 2.70. The largest absolute Gasteiger partial charge is 0.371 e. The van der Waals surface area contributed by atoms with E-state index in [0.29, 0.717) is 5.56 Å². The third-order valence-corrected chi connectivity index (χ3v) is 3.86. The van der Waals surface area contributed by atoms with Gasteiger partial charge in [-0.15, -0.1) is 0 Å². The number of benzene rings is 1. The number of aldehydes is 1. The van der Waals surface area contributed by atoms with Crippen molar-refractivity contribution in [1.29, 1.82) is 0 Å². The molecule has 0 spiro atoms. The molecule has 1 amide bonds. The van der Waals surface area contributed by atoms with E-state index >= 15 is 0 Å². The molecule has 19 heavy (non-hydrogen) atoms. The van der Waals surface area contributed by atoms with Crippen molar-refractivity contribution in [3.63, 3.8) is 0 Å². The van der Waals surface area contributed by atoms with Crippen molar-refractivity contribution in [1.82, 2.24) is 5.32 Å². The summed E-state index contributed by atoms with van der Waals surface area (Å²) in [7, 11) is 0. The van der Waals surface area contributed by atoms with Gasteiger partial charge < -0.3 is 10.2 Å². The topological polar surface area (TPSA) is 49.4 Å². The highest BCUT2D eigenvalue weighted by Crippen LogP contribution is 2.26. The summed E-state index contributed by atoms with van der Waals surface area (Å²) in [4.78, 5) is 24.3. The number of anilines is 1. The van der Waals surface area contributed by atoms with Gasteiger partial charge in [0.2, 0.25) is 5.91 Å². The Labute approximate surface area is 121 Å². The van der Waals surface area contributed by atoms with Gasteiger partial charge >= 0.3 is 0 Å². The first-order valence-electron chi connectivity index (χ1n) is 6.37. The van der Waals surface area contributed by atoms with Crippen LogP contribution in [0.25, 0.3) is 0 Å². The van der Waals surface area contributed by atoms with Crippen molar-refractivity contribution >= 4 is 33.8 Å². The molecule has 0 radical (unpaired) electrons. The van der Waals surface area contributed by atoms with Gasteiger partial charge in [0.25, 0.3) is 0 Å². The predicted octanol–water partition coefficient (Wildman–Crippen LogP) is 2.37. The first-order chi connectivity index (χ1) is 9.10. The van der Waals surface area contributed by atoms with Crippen LogP contribution in [-0.2, 0) is 4.79 Å². The second-order valence-corrected chi connectivity index (χ2v) is 5.70. The quantitative estimate of drug-likeness (QED) is 0.868. The summed E-state index contributed by atoms with van der Waals surface area (Å²) in [5, 5.41) is 2.95. The lowest BCUT2D eigenvalue weighted by atomic mass is 10.0. The van der Waals surface area contributed by atoms with Crippen LogP contribution in [0.15, 0.2) is 22.7 Å². The van der Waals surface area contributed by atoms with Crippen LogP contribution in [0.5, 0.6) is 0 Å². The van der Waals surface area contributed by atoms with Crippen LogP contribution in [0, 0.1) is 0 Å². The highest BCUT2D eigenvalue weighted by atomic mass is 79.9. The summed E-state index contributed by atoms with van der Waals surface area (Å²) in [6, 6.07) is 5.92. The minimum atomic E-state index is 0.0227. The smallest absolute Gasteiger partial charge is 0.217 e. The Balaban J connectivity index is 2.07. The number of piperidine rings is 1. The number of halogens is 1. The average Bonchev–Trinajstić information content (AvgIpc) is 2.39. The maximum Gasteiger partial charge on any atom is 0.217 e. The van der Waals surface area contributed by atoms with Crippen LogP contribution < -0.4 is 10.2 Å². The van der Waals surface area contributed by atoms with Crippen molar-refractivity contribution in [2.45, 2.75) is 25.8 Å². The number of rotatable bonds is 3. The zero-order valence-corrected chi connectivity index (χ0v) is 12.4. The zero-order chi connectivity index (χ0) is 13.8. The van der Waals surface area contributed by atoms with Crippen molar-refractivity contribution < 1.29 is 9.59 Å². The van der Waals surface area contributed by atoms with E-state index in [9.17, 15) is 9.59 Å². The molecule has 1 aromatic carbocycles. The molecule has 1 aliphatic rings. The van der Waals surface area contributed by atoms with Gasteiger partial charge in [0.1, 0.15) is 0 Å². The van der Waals surface area contributed by atoms with E-state index < -0.39 is 0 Å². The van der Waals surface area contributed by atoms with Crippen LogP contribution in [0.1, 0.15) is 30.1 Å². The first-order valence-corrected chi connectivity index (χ1v) is 7.16. The molecule has 5 heteroatoms. The van der Waals surface area contributed by atoms with Crippen LogP contribution >= 0.6 is 15.9 Å². The van der Waals surface area contributed by atoms with Gasteiger partial charge in [0.05, 0.1) is 0 Å². The minimum absolute atomic E-state index is 0.0227. The van der Waals surface area contributed by atoms with E-state index in [1.54, 1.807) is 6.92 Å². The number of hydrogen-bond donors (Lipinski definition) is 1. The Morgan fingerprint density at radius 1 is 1.42 bits per heavy atom. The number of nitrogens with one attached hydrogen (secondary N) is 1. The molecule has 0 bridgehead atoms. The highest BCUT2D eigenvalue weighted by Gasteiger charge is 2.21. The lowest BCUT2D eigenvalue weighted by Gasteiger charge is -2.34. The van der Waals surface area contributed by atoms with Crippen molar-refractivity contribution in [2.24, 2.45) is 0 Å². The van der Waals surface area contributed by atoms with E-state index in [-0.39, 0.29) is 11.9 Å². The van der Waals surface area contributed by atoms with Gasteiger partial charge in [0.15, 0.2) is 6.29 Å². The van der Waals surface area contributed by atoms with Crippen LogP contribution in [0.4, 0.5) is 5.69 Å². The molecule has 1 aliphatic heterocycles. The fourth-order valence-corrected chi connectivity index (χ4v) is 2.79. The van der Waals surface area contributed by atoms with Gasteiger partial charge in [-0.3, -0.25) is 9.59 Å². The Kier molecular flexibility index (Phi) is 4.58. The third kappa shape index (κ3) is 3.56.